The molecule has 0 bridgehead atoms. The van der Waals surface area contributed by atoms with Gasteiger partial charge in [0.2, 0.25) is 0 Å². The number of carbonyl (C=O) groups excluding carboxylic acids is 1. The third kappa shape index (κ3) is 3.61. The highest BCUT2D eigenvalue weighted by molar-refractivity contribution is 5.92. The van der Waals surface area contributed by atoms with E-state index < -0.39 is 5.97 Å². The molecule has 0 unspecified atom stereocenters. The number of hydrogen-bond donors (Lipinski definition) is 2. The van der Waals surface area contributed by atoms with Gasteiger partial charge in [0.05, 0.1) is 12.2 Å². The molecular weight excluding hydrogens is 298 g/mol. The summed E-state index contributed by atoms with van der Waals surface area (Å²) in [7, 11) is 1.71. The number of furan rings is 1. The van der Waals surface area contributed by atoms with Gasteiger partial charge in [0.25, 0.3) is 5.91 Å². The molecular formula is C16H21N3O4. The molecule has 2 rings (SSSR count). The van der Waals surface area contributed by atoms with Crippen LogP contribution >= 0.6 is 0 Å². The van der Waals surface area contributed by atoms with Crippen molar-refractivity contribution < 1.29 is 19.1 Å². The van der Waals surface area contributed by atoms with Crippen LogP contribution in [0.5, 0.6) is 0 Å². The van der Waals surface area contributed by atoms with Gasteiger partial charge in [-0.2, -0.15) is 5.10 Å². The quantitative estimate of drug-likeness (QED) is 0.900. The van der Waals surface area contributed by atoms with Crippen LogP contribution in [0.2, 0.25) is 0 Å². The van der Waals surface area contributed by atoms with Crippen molar-refractivity contribution in [2.45, 2.75) is 39.7 Å². The number of carbonyl (C=O) groups is 2. The fraction of sp³-hybridized carbons (Fsp3) is 0.438. The lowest BCUT2D eigenvalue weighted by atomic mass is 9.92. The maximum Gasteiger partial charge on any atom is 0.339 e. The molecule has 2 aromatic heterocycles. The minimum atomic E-state index is -1.05. The van der Waals surface area contributed by atoms with E-state index in [1.807, 2.05) is 20.8 Å². The van der Waals surface area contributed by atoms with Crippen molar-refractivity contribution >= 4 is 11.9 Å². The highest BCUT2D eigenvalue weighted by Gasteiger charge is 2.22. The lowest BCUT2D eigenvalue weighted by Gasteiger charge is -2.13. The average Bonchev–Trinajstić information content (AvgIpc) is 2.99. The van der Waals surface area contributed by atoms with E-state index in [1.54, 1.807) is 20.0 Å². The van der Waals surface area contributed by atoms with E-state index in [4.69, 9.17) is 9.52 Å². The average molecular weight is 319 g/mol. The Kier molecular flexibility index (Phi) is 4.31. The van der Waals surface area contributed by atoms with Gasteiger partial charge in [0.15, 0.2) is 0 Å². The Bertz CT molecular complexity index is 750. The molecule has 2 aromatic rings. The van der Waals surface area contributed by atoms with E-state index in [9.17, 15) is 9.59 Å². The highest BCUT2D eigenvalue weighted by Crippen LogP contribution is 2.21. The second-order valence-corrected chi connectivity index (χ2v) is 6.46. The number of hydrogen-bond acceptors (Lipinski definition) is 4. The smallest absolute Gasteiger partial charge is 0.339 e. The van der Waals surface area contributed by atoms with E-state index >= 15 is 0 Å². The summed E-state index contributed by atoms with van der Waals surface area (Å²) in [6.45, 7) is 7.76. The summed E-state index contributed by atoms with van der Waals surface area (Å²) in [6.07, 6.45) is 0. The van der Waals surface area contributed by atoms with Crippen LogP contribution in [0, 0.1) is 6.92 Å². The zero-order chi connectivity index (χ0) is 17.4. The monoisotopic (exact) mass is 319 g/mol. The van der Waals surface area contributed by atoms with E-state index in [1.165, 1.54) is 10.7 Å². The molecule has 2 N–H and O–H groups in total. The van der Waals surface area contributed by atoms with Crippen molar-refractivity contribution in [1.82, 2.24) is 15.1 Å². The third-order valence-electron chi connectivity index (χ3n) is 3.50. The number of nitrogens with one attached hydrogen (secondary N) is 1. The largest absolute Gasteiger partial charge is 0.478 e. The number of amides is 1. The Labute approximate surface area is 134 Å². The summed E-state index contributed by atoms with van der Waals surface area (Å²) in [6, 6.07) is 3.17. The predicted octanol–water partition coefficient (Wildman–Crippen LogP) is 2.25. The van der Waals surface area contributed by atoms with Crippen LogP contribution in [0.3, 0.4) is 0 Å². The van der Waals surface area contributed by atoms with E-state index in [-0.39, 0.29) is 23.4 Å². The van der Waals surface area contributed by atoms with Gasteiger partial charge in [-0.15, -0.1) is 0 Å². The van der Waals surface area contributed by atoms with Gasteiger partial charge in [-0.1, -0.05) is 20.8 Å². The number of carboxylic acids is 1. The van der Waals surface area contributed by atoms with Crippen LogP contribution in [-0.2, 0) is 19.0 Å². The first-order valence-corrected chi connectivity index (χ1v) is 7.25. The van der Waals surface area contributed by atoms with Crippen molar-refractivity contribution in [3.63, 3.8) is 0 Å². The molecule has 7 heteroatoms. The van der Waals surface area contributed by atoms with Gasteiger partial charge in [-0.25, -0.2) is 4.79 Å². The van der Waals surface area contributed by atoms with Crippen molar-refractivity contribution in [3.05, 3.63) is 40.6 Å². The van der Waals surface area contributed by atoms with Gasteiger partial charge >= 0.3 is 5.97 Å². The lowest BCUT2D eigenvalue weighted by Crippen LogP contribution is -2.24. The zero-order valence-electron chi connectivity index (χ0n) is 13.9. The van der Waals surface area contributed by atoms with Crippen molar-refractivity contribution in [2.75, 3.05) is 0 Å². The Hall–Kier alpha value is -2.57. The molecule has 2 heterocycles. The summed E-state index contributed by atoms with van der Waals surface area (Å²) in [5.41, 5.74) is 1.22. The van der Waals surface area contributed by atoms with Gasteiger partial charge in [0.1, 0.15) is 22.8 Å². The Morgan fingerprint density at radius 1 is 1.35 bits per heavy atom. The van der Waals surface area contributed by atoms with Crippen molar-refractivity contribution in [1.29, 1.82) is 0 Å². The van der Waals surface area contributed by atoms with Gasteiger partial charge < -0.3 is 14.8 Å². The maximum atomic E-state index is 12.3. The molecule has 0 aliphatic carbocycles. The number of rotatable bonds is 4. The minimum Gasteiger partial charge on any atom is -0.478 e. The fourth-order valence-corrected chi connectivity index (χ4v) is 2.15. The molecule has 0 aliphatic rings. The highest BCUT2D eigenvalue weighted by atomic mass is 16.4. The third-order valence-corrected chi connectivity index (χ3v) is 3.50. The topological polar surface area (TPSA) is 97.4 Å². The minimum absolute atomic E-state index is 0.102. The van der Waals surface area contributed by atoms with Crippen LogP contribution in [-0.4, -0.2) is 26.8 Å². The summed E-state index contributed by atoms with van der Waals surface area (Å²) >= 11 is 0. The van der Waals surface area contributed by atoms with Crippen LogP contribution in [0.25, 0.3) is 0 Å². The first kappa shape index (κ1) is 16.8. The summed E-state index contributed by atoms with van der Waals surface area (Å²) in [5.74, 6) is -0.629. The van der Waals surface area contributed by atoms with Crippen LogP contribution < -0.4 is 5.32 Å². The molecule has 0 radical (unpaired) electrons. The standard InChI is InChI=1S/C16H21N3O4/c1-9-11(15(21)22)6-10(23-9)8-17-14(20)12-7-13(16(2,3)4)18-19(12)5/h6-7H,8H2,1-5H3,(H,17,20)(H,21,22). The number of carboxylic acid groups (broad SMARTS) is 1. The molecule has 0 fully saturated rings. The van der Waals surface area contributed by atoms with Gasteiger partial charge in [0, 0.05) is 12.5 Å². The fourth-order valence-electron chi connectivity index (χ4n) is 2.15. The Balaban J connectivity index is 2.10. The van der Waals surface area contributed by atoms with Crippen LogP contribution in [0.15, 0.2) is 16.5 Å². The molecule has 0 saturated carbocycles. The molecule has 1 amide bonds. The molecule has 7 nitrogen and oxygen atoms in total. The van der Waals surface area contributed by atoms with Gasteiger partial charge in [-0.05, 0) is 19.1 Å². The SMILES string of the molecule is Cc1oc(CNC(=O)c2cc(C(C)(C)C)nn2C)cc1C(=O)O. The summed E-state index contributed by atoms with van der Waals surface area (Å²) < 4.78 is 6.87. The molecule has 0 saturated heterocycles. The van der Waals surface area contributed by atoms with E-state index in [2.05, 4.69) is 10.4 Å². The maximum absolute atomic E-state index is 12.3. The number of nitrogens with zero attached hydrogens (tertiary/aromatic N) is 2. The normalized spacial score (nSPS) is 11.5. The number of aryl methyl sites for hydroxylation is 2. The summed E-state index contributed by atoms with van der Waals surface area (Å²) in [4.78, 5) is 23.3. The van der Waals surface area contributed by atoms with E-state index in [0.717, 1.165) is 5.69 Å². The molecule has 23 heavy (non-hydrogen) atoms. The van der Waals surface area contributed by atoms with Crippen molar-refractivity contribution in [3.8, 4) is 0 Å². The second-order valence-electron chi connectivity index (χ2n) is 6.46. The Morgan fingerprint density at radius 3 is 2.48 bits per heavy atom. The zero-order valence-corrected chi connectivity index (χ0v) is 13.9. The second kappa shape index (κ2) is 5.91. The van der Waals surface area contributed by atoms with Gasteiger partial charge in [-0.3, -0.25) is 9.48 Å². The van der Waals surface area contributed by atoms with Crippen LogP contribution in [0.4, 0.5) is 0 Å². The lowest BCUT2D eigenvalue weighted by molar-refractivity contribution is 0.0694. The van der Waals surface area contributed by atoms with E-state index in [0.29, 0.717) is 17.2 Å². The first-order chi connectivity index (χ1) is 10.6. The Morgan fingerprint density at radius 2 is 2.00 bits per heavy atom. The number of aromatic nitrogens is 2. The predicted molar refractivity (Wildman–Crippen MR) is 83.5 cm³/mol. The number of aromatic carboxylic acids is 1. The summed E-state index contributed by atoms with van der Waals surface area (Å²) in [5, 5.41) is 16.1. The molecule has 0 aliphatic heterocycles. The molecule has 0 aromatic carbocycles. The molecule has 0 spiro atoms. The first-order valence-electron chi connectivity index (χ1n) is 7.25. The van der Waals surface area contributed by atoms with Crippen LogP contribution in [0.1, 0.15) is 58.8 Å². The molecule has 0 atom stereocenters. The molecule has 124 valence electrons. The van der Waals surface area contributed by atoms with Crippen molar-refractivity contribution in [2.24, 2.45) is 7.05 Å².